The average Bonchev–Trinajstić information content (AvgIpc) is 2.90. The second-order valence-electron chi connectivity index (χ2n) is 6.62. The molecule has 1 N–H and O–H groups in total. The van der Waals surface area contributed by atoms with Gasteiger partial charge in [-0.3, -0.25) is 0 Å². The van der Waals surface area contributed by atoms with Crippen molar-refractivity contribution >= 4 is 16.7 Å². The van der Waals surface area contributed by atoms with E-state index in [1.807, 2.05) is 0 Å². The summed E-state index contributed by atoms with van der Waals surface area (Å²) in [5.41, 5.74) is 7.53. The van der Waals surface area contributed by atoms with E-state index in [0.717, 1.165) is 31.4 Å². The van der Waals surface area contributed by atoms with Crippen LogP contribution in [0.3, 0.4) is 0 Å². The summed E-state index contributed by atoms with van der Waals surface area (Å²) in [6, 6.07) is 13.1. The van der Waals surface area contributed by atoms with E-state index in [4.69, 9.17) is 4.98 Å². The number of anilines is 1. The largest absolute Gasteiger partial charge is 0.385 e. The normalized spacial score (nSPS) is 11.2. The quantitative estimate of drug-likeness (QED) is 0.646. The highest BCUT2D eigenvalue weighted by Gasteiger charge is 2.09. The van der Waals surface area contributed by atoms with Crippen LogP contribution < -0.4 is 5.32 Å². The highest BCUT2D eigenvalue weighted by molar-refractivity contribution is 5.76. The summed E-state index contributed by atoms with van der Waals surface area (Å²) >= 11 is 0. The molecule has 3 aromatic rings. The molecule has 0 unspecified atom stereocenters. The Morgan fingerprint density at radius 2 is 1.75 bits per heavy atom. The minimum atomic E-state index is 0.970. The lowest BCUT2D eigenvalue weighted by atomic mass is 10.1. The van der Waals surface area contributed by atoms with Crippen LogP contribution >= 0.6 is 0 Å². The predicted octanol–water partition coefficient (Wildman–Crippen LogP) is 5.03. The molecular weight excluding hydrogens is 294 g/mol. The van der Waals surface area contributed by atoms with Gasteiger partial charge in [-0.15, -0.1) is 0 Å². The van der Waals surface area contributed by atoms with Crippen molar-refractivity contribution in [1.82, 2.24) is 9.55 Å². The summed E-state index contributed by atoms with van der Waals surface area (Å²) in [6.07, 6.45) is 2.05. The number of nitrogens with zero attached hydrogens (tertiary/aromatic N) is 2. The predicted molar refractivity (Wildman–Crippen MR) is 103 cm³/mol. The summed E-state index contributed by atoms with van der Waals surface area (Å²) < 4.78 is 2.38. The first-order valence-corrected chi connectivity index (χ1v) is 8.85. The highest BCUT2D eigenvalue weighted by atomic mass is 15.1. The maximum absolute atomic E-state index is 4.78. The van der Waals surface area contributed by atoms with Crippen LogP contribution in [0.4, 0.5) is 5.69 Å². The molecule has 0 aliphatic rings. The first-order chi connectivity index (χ1) is 11.6. The Kier molecular flexibility index (Phi) is 4.89. The second kappa shape index (κ2) is 7.08. The third kappa shape index (κ3) is 3.45. The molecular formula is C21H27N3. The molecule has 0 bridgehead atoms. The number of rotatable bonds is 6. The summed E-state index contributed by atoms with van der Waals surface area (Å²) in [5.74, 6) is 1.18. The molecule has 1 heterocycles. The van der Waals surface area contributed by atoms with E-state index < -0.39 is 0 Å². The van der Waals surface area contributed by atoms with Crippen molar-refractivity contribution in [3.05, 3.63) is 58.9 Å². The molecule has 0 aliphatic carbocycles. The molecule has 0 saturated carbocycles. The molecule has 0 amide bonds. The minimum Gasteiger partial charge on any atom is -0.385 e. The van der Waals surface area contributed by atoms with Crippen LogP contribution in [0.2, 0.25) is 0 Å². The van der Waals surface area contributed by atoms with Gasteiger partial charge >= 0.3 is 0 Å². The number of fused-ring (bicyclic) bond motifs is 1. The van der Waals surface area contributed by atoms with Crippen molar-refractivity contribution < 1.29 is 0 Å². The smallest absolute Gasteiger partial charge is 0.109 e. The Balaban J connectivity index is 1.68. The van der Waals surface area contributed by atoms with Crippen LogP contribution in [0.1, 0.15) is 35.9 Å². The van der Waals surface area contributed by atoms with Crippen LogP contribution in [0.5, 0.6) is 0 Å². The zero-order chi connectivity index (χ0) is 17.1. The Hall–Kier alpha value is -2.29. The van der Waals surface area contributed by atoms with E-state index in [9.17, 15) is 0 Å². The average molecular weight is 321 g/mol. The van der Waals surface area contributed by atoms with Crippen LogP contribution in [-0.2, 0) is 13.0 Å². The van der Waals surface area contributed by atoms with Gasteiger partial charge in [0.25, 0.3) is 0 Å². The van der Waals surface area contributed by atoms with Gasteiger partial charge in [-0.05, 0) is 56.5 Å². The summed E-state index contributed by atoms with van der Waals surface area (Å²) in [4.78, 5) is 4.78. The van der Waals surface area contributed by atoms with Crippen molar-refractivity contribution in [1.29, 1.82) is 0 Å². The van der Waals surface area contributed by atoms with Gasteiger partial charge in [-0.25, -0.2) is 4.98 Å². The molecule has 0 radical (unpaired) electrons. The number of benzene rings is 2. The van der Waals surface area contributed by atoms with E-state index in [1.165, 1.54) is 33.7 Å². The number of aromatic nitrogens is 2. The maximum Gasteiger partial charge on any atom is 0.109 e. The monoisotopic (exact) mass is 321 g/mol. The van der Waals surface area contributed by atoms with Gasteiger partial charge in [-0.2, -0.15) is 0 Å². The SMILES string of the molecule is CCc1nc2ccc(C)cc2n1CCCNc1ccc(C)cc1C. The van der Waals surface area contributed by atoms with Crippen LogP contribution in [0, 0.1) is 20.8 Å². The maximum atomic E-state index is 4.78. The highest BCUT2D eigenvalue weighted by Crippen LogP contribution is 2.19. The van der Waals surface area contributed by atoms with Gasteiger partial charge in [0, 0.05) is 25.2 Å². The fraction of sp³-hybridized carbons (Fsp3) is 0.381. The molecule has 3 heteroatoms. The Morgan fingerprint density at radius 1 is 1.00 bits per heavy atom. The molecule has 2 aromatic carbocycles. The fourth-order valence-corrected chi connectivity index (χ4v) is 3.27. The number of hydrogen-bond donors (Lipinski definition) is 1. The minimum absolute atomic E-state index is 0.970. The van der Waals surface area contributed by atoms with E-state index in [0.29, 0.717) is 0 Å². The number of imidazole rings is 1. The van der Waals surface area contributed by atoms with E-state index >= 15 is 0 Å². The molecule has 0 saturated heterocycles. The fourth-order valence-electron chi connectivity index (χ4n) is 3.27. The zero-order valence-electron chi connectivity index (χ0n) is 15.2. The number of aryl methyl sites for hydroxylation is 5. The summed E-state index contributed by atoms with van der Waals surface area (Å²) in [5, 5.41) is 3.57. The molecule has 3 nitrogen and oxygen atoms in total. The van der Waals surface area contributed by atoms with Crippen molar-refractivity contribution in [3.63, 3.8) is 0 Å². The number of hydrogen-bond acceptors (Lipinski definition) is 2. The third-order valence-electron chi connectivity index (χ3n) is 4.55. The number of nitrogens with one attached hydrogen (secondary N) is 1. The lowest BCUT2D eigenvalue weighted by Crippen LogP contribution is -2.09. The van der Waals surface area contributed by atoms with Gasteiger partial charge in [0.2, 0.25) is 0 Å². The van der Waals surface area contributed by atoms with Crippen molar-refractivity contribution in [2.75, 3.05) is 11.9 Å². The standard InChI is InChI=1S/C21H27N3/c1-5-21-23-19-10-8-16(3)14-20(19)24(21)12-6-11-22-18-9-7-15(2)13-17(18)4/h7-10,13-14,22H,5-6,11-12H2,1-4H3. The molecule has 0 fully saturated rings. The molecule has 0 spiro atoms. The first-order valence-electron chi connectivity index (χ1n) is 8.85. The molecule has 1 aromatic heterocycles. The van der Waals surface area contributed by atoms with Gasteiger partial charge in [0.15, 0.2) is 0 Å². The van der Waals surface area contributed by atoms with Crippen LogP contribution in [-0.4, -0.2) is 16.1 Å². The van der Waals surface area contributed by atoms with Crippen molar-refractivity contribution in [2.24, 2.45) is 0 Å². The van der Waals surface area contributed by atoms with Crippen molar-refractivity contribution in [2.45, 2.75) is 47.1 Å². The molecule has 24 heavy (non-hydrogen) atoms. The lowest BCUT2D eigenvalue weighted by Gasteiger charge is -2.12. The summed E-state index contributed by atoms with van der Waals surface area (Å²) in [7, 11) is 0. The van der Waals surface area contributed by atoms with Crippen molar-refractivity contribution in [3.8, 4) is 0 Å². The van der Waals surface area contributed by atoms with Gasteiger partial charge in [0.05, 0.1) is 11.0 Å². The van der Waals surface area contributed by atoms with Crippen LogP contribution in [0.15, 0.2) is 36.4 Å². The van der Waals surface area contributed by atoms with Gasteiger partial charge < -0.3 is 9.88 Å². The van der Waals surface area contributed by atoms with E-state index in [1.54, 1.807) is 0 Å². The Labute approximate surface area is 144 Å². The topological polar surface area (TPSA) is 29.9 Å². The van der Waals surface area contributed by atoms with Crippen LogP contribution in [0.25, 0.3) is 11.0 Å². The molecule has 0 atom stereocenters. The molecule has 126 valence electrons. The first kappa shape index (κ1) is 16.6. The van der Waals surface area contributed by atoms with Gasteiger partial charge in [0.1, 0.15) is 5.82 Å². The third-order valence-corrected chi connectivity index (χ3v) is 4.55. The molecule has 0 aliphatic heterocycles. The Bertz CT molecular complexity index is 846. The lowest BCUT2D eigenvalue weighted by molar-refractivity contribution is 0.645. The Morgan fingerprint density at radius 3 is 2.50 bits per heavy atom. The second-order valence-corrected chi connectivity index (χ2v) is 6.62. The van der Waals surface area contributed by atoms with E-state index in [-0.39, 0.29) is 0 Å². The van der Waals surface area contributed by atoms with Gasteiger partial charge in [-0.1, -0.05) is 30.7 Å². The molecule has 3 rings (SSSR count). The zero-order valence-corrected chi connectivity index (χ0v) is 15.2. The van der Waals surface area contributed by atoms with E-state index in [2.05, 4.69) is 74.0 Å². The summed E-state index contributed by atoms with van der Waals surface area (Å²) in [6.45, 7) is 10.6.